The lowest BCUT2D eigenvalue weighted by molar-refractivity contribution is -0.273. The summed E-state index contributed by atoms with van der Waals surface area (Å²) in [6.45, 7) is 45.0. The molecule has 1 aliphatic rings. The molecule has 40 heavy (non-hydrogen) atoms. The number of hydrogen-bond acceptors (Lipinski definition) is 6. The van der Waals surface area contributed by atoms with E-state index in [1.807, 2.05) is 0 Å². The van der Waals surface area contributed by atoms with Gasteiger partial charge < -0.3 is 27.5 Å². The van der Waals surface area contributed by atoms with Gasteiger partial charge in [-0.1, -0.05) is 83.1 Å². The number of ether oxygens (including phenoxy) is 1. The molecule has 10 heteroatoms. The summed E-state index contributed by atoms with van der Waals surface area (Å²) < 4.78 is 34.5. The largest absolute Gasteiger partial charge is 0.414 e. The van der Waals surface area contributed by atoms with E-state index in [0.717, 1.165) is 0 Å². The Hall–Kier alpha value is 0.628. The Kier molecular flexibility index (Phi) is 11.8. The molecule has 240 valence electrons. The lowest BCUT2D eigenvalue weighted by Gasteiger charge is -2.53. The first-order chi connectivity index (χ1) is 17.3. The van der Waals surface area contributed by atoms with Gasteiger partial charge in [0.2, 0.25) is 0 Å². The molecule has 1 heterocycles. The highest BCUT2D eigenvalue weighted by molar-refractivity contribution is 6.75. The highest BCUT2D eigenvalue weighted by atomic mass is 28.4. The molecule has 1 saturated heterocycles. The zero-order valence-electron chi connectivity index (χ0n) is 30.1. The number of hydrogen-bond donors (Lipinski definition) is 1. The molecule has 5 atom stereocenters. The molecule has 1 fully saturated rings. The second-order valence-corrected chi connectivity index (χ2v) is 37.2. The van der Waals surface area contributed by atoms with Crippen molar-refractivity contribution >= 4 is 33.3 Å². The van der Waals surface area contributed by atoms with Crippen LogP contribution in [0.25, 0.3) is 0 Å². The van der Waals surface area contributed by atoms with E-state index in [0.29, 0.717) is 6.61 Å². The minimum absolute atomic E-state index is 0.0234. The van der Waals surface area contributed by atoms with E-state index in [9.17, 15) is 5.11 Å². The van der Waals surface area contributed by atoms with Gasteiger partial charge >= 0.3 is 0 Å². The van der Waals surface area contributed by atoms with E-state index in [1.165, 1.54) is 0 Å². The Morgan fingerprint density at radius 1 is 0.525 bits per heavy atom. The summed E-state index contributed by atoms with van der Waals surface area (Å²) in [5.74, 6) is 0. The predicted octanol–water partition coefficient (Wildman–Crippen LogP) is 8.90. The molecule has 0 spiro atoms. The third kappa shape index (κ3) is 9.08. The highest BCUT2D eigenvalue weighted by Gasteiger charge is 2.55. The van der Waals surface area contributed by atoms with E-state index in [1.54, 1.807) is 0 Å². The van der Waals surface area contributed by atoms with Gasteiger partial charge in [-0.15, -0.1) is 0 Å². The third-order valence-electron chi connectivity index (χ3n) is 10.7. The quantitative estimate of drug-likeness (QED) is 0.255. The fourth-order valence-corrected chi connectivity index (χ4v) is 8.15. The molecule has 0 aromatic rings. The molecule has 0 bridgehead atoms. The van der Waals surface area contributed by atoms with Gasteiger partial charge in [0, 0.05) is 0 Å². The first-order valence-electron chi connectivity index (χ1n) is 15.3. The van der Waals surface area contributed by atoms with Gasteiger partial charge in [0.05, 0.1) is 6.61 Å². The third-order valence-corrected chi connectivity index (χ3v) is 28.6. The number of aliphatic hydroxyl groups excluding tert-OH is 1. The van der Waals surface area contributed by atoms with E-state index in [2.05, 4.69) is 135 Å². The fraction of sp³-hybridized carbons (Fsp3) is 1.00. The van der Waals surface area contributed by atoms with Crippen LogP contribution in [-0.2, 0) is 22.4 Å². The van der Waals surface area contributed by atoms with Crippen LogP contribution < -0.4 is 0 Å². The molecular formula is C30H68O6Si4. The zero-order valence-corrected chi connectivity index (χ0v) is 34.1. The molecule has 6 nitrogen and oxygen atoms in total. The van der Waals surface area contributed by atoms with Crippen LogP contribution in [0.1, 0.15) is 83.1 Å². The maximum absolute atomic E-state index is 12.2. The second-order valence-electron chi connectivity index (χ2n) is 18.2. The summed E-state index contributed by atoms with van der Waals surface area (Å²) in [4.78, 5) is 0. The zero-order chi connectivity index (χ0) is 32.1. The summed E-state index contributed by atoms with van der Waals surface area (Å²) in [5, 5.41) is 12.2. The monoisotopic (exact) mass is 636 g/mol. The SMILES string of the molecule is CC(C)(C)[Si](C)(C)OC[C@@H]1O[C@H](O[Si](C)(C)C(C)(C)C)[C@H](O[Si](C)(C)C(C)(C)C)[C@@H](O)[C@H]1O[Si](C)(C)C(C)(C)C. The van der Waals surface area contributed by atoms with Gasteiger partial charge in [0.15, 0.2) is 39.6 Å². The van der Waals surface area contributed by atoms with Crippen molar-refractivity contribution in [3.05, 3.63) is 0 Å². The van der Waals surface area contributed by atoms with Crippen molar-refractivity contribution in [2.45, 2.75) is 186 Å². The Labute approximate surface area is 253 Å². The van der Waals surface area contributed by atoms with Crippen molar-refractivity contribution in [2.24, 2.45) is 0 Å². The summed E-state index contributed by atoms with van der Waals surface area (Å²) in [5.41, 5.74) is 0. The Morgan fingerprint density at radius 3 is 1.20 bits per heavy atom. The molecular weight excluding hydrogens is 569 g/mol. The molecule has 0 radical (unpaired) electrons. The van der Waals surface area contributed by atoms with Gasteiger partial charge in [-0.25, -0.2) is 0 Å². The van der Waals surface area contributed by atoms with Crippen LogP contribution >= 0.6 is 0 Å². The van der Waals surface area contributed by atoms with Crippen LogP contribution in [0, 0.1) is 0 Å². The molecule has 0 saturated carbocycles. The van der Waals surface area contributed by atoms with Crippen LogP contribution in [0.15, 0.2) is 0 Å². The van der Waals surface area contributed by atoms with Crippen LogP contribution in [0.4, 0.5) is 0 Å². The minimum Gasteiger partial charge on any atom is -0.414 e. The lowest BCUT2D eigenvalue weighted by Crippen LogP contribution is -2.67. The van der Waals surface area contributed by atoms with E-state index >= 15 is 0 Å². The second kappa shape index (κ2) is 12.2. The predicted molar refractivity (Wildman–Crippen MR) is 180 cm³/mol. The maximum atomic E-state index is 12.2. The Balaban J connectivity index is 3.66. The van der Waals surface area contributed by atoms with Gasteiger partial charge in [-0.05, 0) is 72.5 Å². The average molecular weight is 637 g/mol. The molecule has 0 aromatic heterocycles. The smallest absolute Gasteiger partial charge is 0.195 e. The first-order valence-corrected chi connectivity index (χ1v) is 26.9. The molecule has 0 aliphatic carbocycles. The van der Waals surface area contributed by atoms with Crippen molar-refractivity contribution < 1.29 is 27.5 Å². The number of aliphatic hydroxyl groups is 1. The van der Waals surface area contributed by atoms with Gasteiger partial charge in [0.25, 0.3) is 0 Å². The van der Waals surface area contributed by atoms with Crippen molar-refractivity contribution in [3.63, 3.8) is 0 Å². The minimum atomic E-state index is -2.29. The molecule has 0 unspecified atom stereocenters. The summed E-state index contributed by atoms with van der Waals surface area (Å²) in [7, 11) is -8.91. The topological polar surface area (TPSA) is 66.4 Å². The summed E-state index contributed by atoms with van der Waals surface area (Å²) in [6, 6.07) is 0. The number of rotatable bonds is 9. The van der Waals surface area contributed by atoms with Gasteiger partial charge in [-0.3, -0.25) is 0 Å². The first kappa shape index (κ1) is 38.7. The van der Waals surface area contributed by atoms with E-state index < -0.39 is 64.0 Å². The highest BCUT2D eigenvalue weighted by Crippen LogP contribution is 2.45. The fourth-order valence-electron chi connectivity index (χ4n) is 3.40. The van der Waals surface area contributed by atoms with E-state index in [-0.39, 0.29) is 20.2 Å². The molecule has 0 aromatic carbocycles. The van der Waals surface area contributed by atoms with E-state index in [4.69, 9.17) is 22.4 Å². The van der Waals surface area contributed by atoms with Crippen LogP contribution in [0.2, 0.25) is 72.5 Å². The van der Waals surface area contributed by atoms with Crippen LogP contribution in [0.3, 0.4) is 0 Å². The summed E-state index contributed by atoms with van der Waals surface area (Å²) >= 11 is 0. The average Bonchev–Trinajstić information content (AvgIpc) is 2.68. The summed E-state index contributed by atoms with van der Waals surface area (Å²) in [6.07, 6.45) is -3.28. The Morgan fingerprint density at radius 2 is 0.850 bits per heavy atom. The van der Waals surface area contributed by atoms with Crippen molar-refractivity contribution in [1.29, 1.82) is 0 Å². The standard InChI is InChI=1S/C30H68O6Si4/c1-27(2,3)37(13,14)32-21-22-24(34-38(15,16)28(4,5)6)23(31)25(35-39(17,18)29(7,8)9)26(33-22)36-40(19,20)30(10,11)12/h22-26,31H,21H2,1-20H3/t22-,23-,24-,25+,26+/m0/s1. The lowest BCUT2D eigenvalue weighted by atomic mass is 9.99. The van der Waals surface area contributed by atoms with Crippen molar-refractivity contribution in [3.8, 4) is 0 Å². The van der Waals surface area contributed by atoms with Crippen molar-refractivity contribution in [1.82, 2.24) is 0 Å². The van der Waals surface area contributed by atoms with Crippen molar-refractivity contribution in [2.75, 3.05) is 6.61 Å². The normalized spacial score (nSPS) is 26.8. The van der Waals surface area contributed by atoms with Crippen LogP contribution in [0.5, 0.6) is 0 Å². The Bertz CT molecular complexity index is 829. The molecule has 1 aliphatic heterocycles. The van der Waals surface area contributed by atoms with Crippen LogP contribution in [-0.4, -0.2) is 75.7 Å². The maximum Gasteiger partial charge on any atom is 0.195 e. The van der Waals surface area contributed by atoms with Gasteiger partial charge in [0.1, 0.15) is 24.4 Å². The molecule has 1 rings (SSSR count). The molecule has 0 amide bonds. The van der Waals surface area contributed by atoms with Gasteiger partial charge in [-0.2, -0.15) is 0 Å². The molecule has 1 N–H and O–H groups in total.